The number of ether oxygens (including phenoxy) is 1. The second-order valence-electron chi connectivity index (χ2n) is 5.04. The summed E-state index contributed by atoms with van der Waals surface area (Å²) in [5.74, 6) is 0.973. The first-order chi connectivity index (χ1) is 10.2. The van der Waals surface area contributed by atoms with E-state index in [9.17, 15) is 0 Å². The third-order valence-corrected chi connectivity index (χ3v) is 3.40. The maximum atomic E-state index is 7.65. The van der Waals surface area contributed by atoms with Crippen LogP contribution in [0.2, 0.25) is 0 Å². The maximum Gasteiger partial charge on any atom is 0.123 e. The van der Waals surface area contributed by atoms with Crippen LogP contribution in [0.5, 0.6) is 5.75 Å². The smallest absolute Gasteiger partial charge is 0.123 e. The standard InChI is InChI=1S/C18H22N2O.ClH/c1-2-3-6-13-21-15-11-9-14(10-12-15)16-7-4-5-8-17(16)18(19)20;/h4-5,7-12H,2-3,6,13H2,1H3,(H3,19,20);1H. The summed E-state index contributed by atoms with van der Waals surface area (Å²) in [7, 11) is 0. The fraction of sp³-hybridized carbons (Fsp3) is 0.278. The van der Waals surface area contributed by atoms with Crippen molar-refractivity contribution < 1.29 is 4.74 Å². The molecule has 2 aromatic carbocycles. The summed E-state index contributed by atoms with van der Waals surface area (Å²) in [5, 5.41) is 7.65. The van der Waals surface area contributed by atoms with E-state index in [4.69, 9.17) is 15.9 Å². The highest BCUT2D eigenvalue weighted by molar-refractivity contribution is 6.01. The van der Waals surface area contributed by atoms with Gasteiger partial charge in [0.15, 0.2) is 0 Å². The third-order valence-electron chi connectivity index (χ3n) is 3.40. The third kappa shape index (κ3) is 4.78. The van der Waals surface area contributed by atoms with Gasteiger partial charge in [0.1, 0.15) is 11.6 Å². The Hall–Kier alpha value is -2.00. The average molecular weight is 319 g/mol. The van der Waals surface area contributed by atoms with E-state index in [0.29, 0.717) is 0 Å². The molecule has 0 spiro atoms. The van der Waals surface area contributed by atoms with E-state index < -0.39 is 0 Å². The van der Waals surface area contributed by atoms with E-state index in [0.717, 1.165) is 35.5 Å². The van der Waals surface area contributed by atoms with Crippen molar-refractivity contribution in [1.82, 2.24) is 0 Å². The lowest BCUT2D eigenvalue weighted by atomic mass is 9.99. The van der Waals surface area contributed by atoms with Crippen LogP contribution in [0.3, 0.4) is 0 Å². The summed E-state index contributed by atoms with van der Waals surface area (Å²) in [6.07, 6.45) is 3.49. The van der Waals surface area contributed by atoms with Gasteiger partial charge in [-0.1, -0.05) is 56.2 Å². The molecular weight excluding hydrogens is 296 g/mol. The Kier molecular flexibility index (Phi) is 7.47. The lowest BCUT2D eigenvalue weighted by molar-refractivity contribution is 0.306. The molecule has 0 radical (unpaired) electrons. The Morgan fingerprint density at radius 2 is 1.73 bits per heavy atom. The molecule has 0 bridgehead atoms. The van der Waals surface area contributed by atoms with Gasteiger partial charge in [-0.05, 0) is 29.7 Å². The minimum absolute atomic E-state index is 0. The molecule has 118 valence electrons. The van der Waals surface area contributed by atoms with Gasteiger partial charge in [0.05, 0.1) is 6.61 Å². The topological polar surface area (TPSA) is 59.1 Å². The fourth-order valence-corrected chi connectivity index (χ4v) is 2.24. The highest BCUT2D eigenvalue weighted by Crippen LogP contribution is 2.25. The van der Waals surface area contributed by atoms with Crippen LogP contribution in [0.15, 0.2) is 48.5 Å². The van der Waals surface area contributed by atoms with Crippen molar-refractivity contribution in [2.24, 2.45) is 5.73 Å². The maximum absolute atomic E-state index is 7.65. The Bertz CT molecular complexity index is 596. The van der Waals surface area contributed by atoms with Gasteiger partial charge in [-0.15, -0.1) is 12.4 Å². The number of halogens is 1. The number of nitrogens with one attached hydrogen (secondary N) is 1. The Balaban J connectivity index is 0.00000242. The molecule has 0 atom stereocenters. The second-order valence-corrected chi connectivity index (χ2v) is 5.04. The predicted molar refractivity (Wildman–Crippen MR) is 95.2 cm³/mol. The highest BCUT2D eigenvalue weighted by Gasteiger charge is 2.06. The minimum atomic E-state index is 0. The molecule has 0 unspecified atom stereocenters. The van der Waals surface area contributed by atoms with Crippen molar-refractivity contribution in [1.29, 1.82) is 5.41 Å². The quantitative estimate of drug-likeness (QED) is 0.444. The molecule has 2 aromatic rings. The van der Waals surface area contributed by atoms with E-state index in [1.807, 2.05) is 48.5 Å². The number of benzene rings is 2. The van der Waals surface area contributed by atoms with Crippen molar-refractivity contribution in [2.75, 3.05) is 6.61 Å². The monoisotopic (exact) mass is 318 g/mol. The van der Waals surface area contributed by atoms with E-state index in [1.54, 1.807) is 0 Å². The van der Waals surface area contributed by atoms with E-state index in [1.165, 1.54) is 12.8 Å². The van der Waals surface area contributed by atoms with Crippen molar-refractivity contribution in [2.45, 2.75) is 26.2 Å². The van der Waals surface area contributed by atoms with Crippen molar-refractivity contribution in [3.05, 3.63) is 54.1 Å². The van der Waals surface area contributed by atoms with Crippen LogP contribution >= 0.6 is 12.4 Å². The first-order valence-electron chi connectivity index (χ1n) is 7.39. The number of unbranched alkanes of at least 4 members (excludes halogenated alkanes) is 2. The molecule has 22 heavy (non-hydrogen) atoms. The normalized spacial score (nSPS) is 9.86. The zero-order chi connectivity index (χ0) is 15.1. The fourth-order valence-electron chi connectivity index (χ4n) is 2.24. The highest BCUT2D eigenvalue weighted by atomic mass is 35.5. The molecule has 0 aliphatic heterocycles. The summed E-state index contributed by atoms with van der Waals surface area (Å²) in [6, 6.07) is 15.7. The van der Waals surface area contributed by atoms with Crippen LogP contribution in [-0.4, -0.2) is 12.4 Å². The molecule has 0 aromatic heterocycles. The summed E-state index contributed by atoms with van der Waals surface area (Å²) in [4.78, 5) is 0. The second kappa shape index (κ2) is 9.11. The van der Waals surface area contributed by atoms with Crippen LogP contribution in [-0.2, 0) is 0 Å². The first kappa shape index (κ1) is 18.1. The lowest BCUT2D eigenvalue weighted by Gasteiger charge is -2.10. The molecule has 0 aliphatic rings. The molecule has 2 rings (SSSR count). The number of hydrogen-bond acceptors (Lipinski definition) is 2. The minimum Gasteiger partial charge on any atom is -0.494 e. The van der Waals surface area contributed by atoms with E-state index in [2.05, 4.69) is 6.92 Å². The Morgan fingerprint density at radius 3 is 2.36 bits per heavy atom. The van der Waals surface area contributed by atoms with Crippen LogP contribution in [0.4, 0.5) is 0 Å². The number of nitrogens with two attached hydrogens (primary N) is 1. The molecule has 0 fully saturated rings. The van der Waals surface area contributed by atoms with Crippen molar-refractivity contribution in [3.8, 4) is 16.9 Å². The zero-order valence-corrected chi connectivity index (χ0v) is 13.7. The number of hydrogen-bond donors (Lipinski definition) is 2. The number of amidine groups is 1. The SMILES string of the molecule is CCCCCOc1ccc(-c2ccccc2C(=N)N)cc1.Cl. The van der Waals surface area contributed by atoms with Crippen molar-refractivity contribution in [3.63, 3.8) is 0 Å². The summed E-state index contributed by atoms with van der Waals surface area (Å²) >= 11 is 0. The lowest BCUT2D eigenvalue weighted by Crippen LogP contribution is -2.12. The van der Waals surface area contributed by atoms with Crippen LogP contribution in [0, 0.1) is 5.41 Å². The molecule has 0 saturated carbocycles. The van der Waals surface area contributed by atoms with E-state index in [-0.39, 0.29) is 18.2 Å². The molecule has 4 heteroatoms. The van der Waals surface area contributed by atoms with Crippen LogP contribution in [0.1, 0.15) is 31.7 Å². The van der Waals surface area contributed by atoms with Gasteiger partial charge in [0, 0.05) is 5.56 Å². The predicted octanol–water partition coefficient (Wildman–Crippen LogP) is 4.63. The Labute approximate surface area is 138 Å². The average Bonchev–Trinajstić information content (AvgIpc) is 2.52. The molecule has 0 heterocycles. The largest absolute Gasteiger partial charge is 0.494 e. The van der Waals surface area contributed by atoms with Gasteiger partial charge in [-0.2, -0.15) is 0 Å². The van der Waals surface area contributed by atoms with Gasteiger partial charge in [0.2, 0.25) is 0 Å². The van der Waals surface area contributed by atoms with Crippen LogP contribution < -0.4 is 10.5 Å². The number of nitrogen functional groups attached to an aromatic ring is 1. The number of rotatable bonds is 7. The molecular formula is C18H23ClN2O. The van der Waals surface area contributed by atoms with Gasteiger partial charge >= 0.3 is 0 Å². The molecule has 3 N–H and O–H groups in total. The van der Waals surface area contributed by atoms with Gasteiger partial charge in [0.25, 0.3) is 0 Å². The van der Waals surface area contributed by atoms with E-state index >= 15 is 0 Å². The van der Waals surface area contributed by atoms with Gasteiger partial charge in [-0.25, -0.2) is 0 Å². The van der Waals surface area contributed by atoms with Gasteiger partial charge in [-0.3, -0.25) is 5.41 Å². The van der Waals surface area contributed by atoms with Crippen molar-refractivity contribution >= 4 is 18.2 Å². The summed E-state index contributed by atoms with van der Waals surface area (Å²) in [6.45, 7) is 2.94. The first-order valence-corrected chi connectivity index (χ1v) is 7.39. The molecule has 0 saturated heterocycles. The Morgan fingerprint density at radius 1 is 1.05 bits per heavy atom. The zero-order valence-electron chi connectivity index (χ0n) is 12.8. The molecule has 0 amide bonds. The molecule has 3 nitrogen and oxygen atoms in total. The van der Waals surface area contributed by atoms with Crippen LogP contribution in [0.25, 0.3) is 11.1 Å². The summed E-state index contributed by atoms with van der Waals surface area (Å²) in [5.41, 5.74) is 8.41. The summed E-state index contributed by atoms with van der Waals surface area (Å²) < 4.78 is 5.71. The molecule has 0 aliphatic carbocycles. The van der Waals surface area contributed by atoms with Gasteiger partial charge < -0.3 is 10.5 Å².